The molecule has 2 aliphatic rings. The average molecular weight is 227 g/mol. The van der Waals surface area contributed by atoms with Crippen molar-refractivity contribution >= 4 is 10.9 Å². The molecule has 1 aromatic heterocycles. The lowest BCUT2D eigenvalue weighted by molar-refractivity contribution is 0.445. The van der Waals surface area contributed by atoms with Crippen LogP contribution in [-0.4, -0.2) is 22.9 Å². The molecule has 2 unspecified atom stereocenters. The van der Waals surface area contributed by atoms with Crippen LogP contribution in [-0.2, 0) is 0 Å². The van der Waals surface area contributed by atoms with E-state index in [1.165, 1.54) is 36.8 Å². The van der Waals surface area contributed by atoms with Crippen molar-refractivity contribution in [2.75, 3.05) is 13.1 Å². The molecule has 2 fully saturated rings. The molecular weight excluding hydrogens is 210 g/mol. The van der Waals surface area contributed by atoms with Crippen molar-refractivity contribution in [1.82, 2.24) is 15.1 Å². The van der Waals surface area contributed by atoms with E-state index in [2.05, 4.69) is 39.4 Å². The summed E-state index contributed by atoms with van der Waals surface area (Å²) < 4.78 is 2.26. The zero-order valence-electron chi connectivity index (χ0n) is 9.84. The van der Waals surface area contributed by atoms with E-state index >= 15 is 0 Å². The highest BCUT2D eigenvalue weighted by Crippen LogP contribution is 2.41. The van der Waals surface area contributed by atoms with E-state index in [9.17, 15) is 0 Å². The molecule has 1 aliphatic carbocycles. The van der Waals surface area contributed by atoms with Crippen LogP contribution in [0.4, 0.5) is 0 Å². The van der Waals surface area contributed by atoms with Crippen LogP contribution >= 0.6 is 0 Å². The van der Waals surface area contributed by atoms with Crippen LogP contribution in [0.2, 0.25) is 0 Å². The zero-order chi connectivity index (χ0) is 11.2. The number of hydrogen-bond acceptors (Lipinski definition) is 2. The van der Waals surface area contributed by atoms with Crippen molar-refractivity contribution in [1.29, 1.82) is 0 Å². The fraction of sp³-hybridized carbons (Fsp3) is 0.500. The van der Waals surface area contributed by atoms with Gasteiger partial charge in [0.1, 0.15) is 0 Å². The third-order valence-electron chi connectivity index (χ3n) is 4.48. The number of rotatable bonds is 1. The first-order valence-electron chi connectivity index (χ1n) is 6.55. The van der Waals surface area contributed by atoms with Gasteiger partial charge >= 0.3 is 0 Å². The summed E-state index contributed by atoms with van der Waals surface area (Å²) in [4.78, 5) is 0. The molecular formula is C14H17N3. The summed E-state index contributed by atoms with van der Waals surface area (Å²) in [6.45, 7) is 2.42. The molecule has 3 nitrogen and oxygen atoms in total. The van der Waals surface area contributed by atoms with Gasteiger partial charge in [-0.3, -0.25) is 4.68 Å². The lowest BCUT2D eigenvalue weighted by atomic mass is 10.0. The molecule has 3 heteroatoms. The Morgan fingerprint density at radius 2 is 1.88 bits per heavy atom. The van der Waals surface area contributed by atoms with E-state index < -0.39 is 0 Å². The largest absolute Gasteiger partial charge is 0.316 e. The van der Waals surface area contributed by atoms with E-state index in [4.69, 9.17) is 0 Å². The highest BCUT2D eigenvalue weighted by molar-refractivity contribution is 5.78. The first-order chi connectivity index (χ1) is 8.42. The number of aromatic nitrogens is 2. The average Bonchev–Trinajstić information content (AvgIpc) is 3.01. The van der Waals surface area contributed by atoms with Crippen LogP contribution < -0.4 is 5.32 Å². The maximum atomic E-state index is 4.60. The van der Waals surface area contributed by atoms with Gasteiger partial charge in [-0.05, 0) is 43.8 Å². The van der Waals surface area contributed by atoms with Crippen LogP contribution in [0, 0.1) is 11.8 Å². The van der Waals surface area contributed by atoms with Gasteiger partial charge in [-0.25, -0.2) is 0 Å². The van der Waals surface area contributed by atoms with E-state index in [0.717, 1.165) is 11.8 Å². The Kier molecular flexibility index (Phi) is 2.03. The molecule has 0 spiro atoms. The van der Waals surface area contributed by atoms with Crippen molar-refractivity contribution in [2.45, 2.75) is 18.9 Å². The molecule has 2 aromatic rings. The molecule has 88 valence electrons. The Hall–Kier alpha value is -1.35. The van der Waals surface area contributed by atoms with Gasteiger partial charge in [0.25, 0.3) is 0 Å². The van der Waals surface area contributed by atoms with Crippen molar-refractivity contribution < 1.29 is 0 Å². The second kappa shape index (κ2) is 3.57. The lowest BCUT2D eigenvalue weighted by Crippen LogP contribution is -2.14. The topological polar surface area (TPSA) is 29.9 Å². The quantitative estimate of drug-likeness (QED) is 0.809. The third kappa shape index (κ3) is 1.42. The second-order valence-electron chi connectivity index (χ2n) is 5.45. The molecule has 0 radical (unpaired) electrons. The van der Waals surface area contributed by atoms with Crippen molar-refractivity contribution in [3.05, 3.63) is 30.5 Å². The Morgan fingerprint density at radius 1 is 1.12 bits per heavy atom. The second-order valence-corrected chi connectivity index (χ2v) is 5.45. The molecule has 0 amide bonds. The van der Waals surface area contributed by atoms with Gasteiger partial charge in [-0.2, -0.15) is 5.10 Å². The number of nitrogens with one attached hydrogen (secondary N) is 1. The summed E-state index contributed by atoms with van der Waals surface area (Å²) in [5.41, 5.74) is 1.30. The van der Waals surface area contributed by atoms with E-state index in [1.807, 2.05) is 6.20 Å². The monoisotopic (exact) mass is 227 g/mol. The Morgan fingerprint density at radius 3 is 2.71 bits per heavy atom. The molecule has 0 bridgehead atoms. The maximum absolute atomic E-state index is 4.60. The van der Waals surface area contributed by atoms with Gasteiger partial charge in [0, 0.05) is 5.39 Å². The normalized spacial score (nSPS) is 32.1. The van der Waals surface area contributed by atoms with Crippen molar-refractivity contribution in [3.63, 3.8) is 0 Å². The van der Waals surface area contributed by atoms with E-state index in [1.54, 1.807) is 0 Å². The minimum atomic E-state index is 0.618. The smallest absolute Gasteiger partial charge is 0.0685 e. The highest BCUT2D eigenvalue weighted by atomic mass is 15.3. The molecule has 1 saturated heterocycles. The summed E-state index contributed by atoms with van der Waals surface area (Å²) in [7, 11) is 0. The van der Waals surface area contributed by atoms with Crippen molar-refractivity contribution in [2.24, 2.45) is 11.8 Å². The molecule has 2 atom stereocenters. The van der Waals surface area contributed by atoms with Gasteiger partial charge in [0.15, 0.2) is 0 Å². The van der Waals surface area contributed by atoms with Gasteiger partial charge in [0.2, 0.25) is 0 Å². The van der Waals surface area contributed by atoms with E-state index in [0.29, 0.717) is 6.04 Å². The van der Waals surface area contributed by atoms with E-state index in [-0.39, 0.29) is 0 Å². The molecule has 2 heterocycles. The molecule has 1 N–H and O–H groups in total. The zero-order valence-corrected chi connectivity index (χ0v) is 9.84. The minimum Gasteiger partial charge on any atom is -0.316 e. The Balaban J connectivity index is 1.71. The molecule has 1 aliphatic heterocycles. The minimum absolute atomic E-state index is 0.618. The van der Waals surface area contributed by atoms with Crippen LogP contribution in [0.25, 0.3) is 10.9 Å². The van der Waals surface area contributed by atoms with Crippen LogP contribution in [0.5, 0.6) is 0 Å². The number of para-hydroxylation sites is 1. The molecule has 1 saturated carbocycles. The third-order valence-corrected chi connectivity index (χ3v) is 4.48. The maximum Gasteiger partial charge on any atom is 0.0685 e. The number of fused-ring (bicyclic) bond motifs is 2. The number of benzene rings is 1. The number of nitrogens with zero attached hydrogens (tertiary/aromatic N) is 2. The summed E-state index contributed by atoms with van der Waals surface area (Å²) in [6.07, 6.45) is 4.59. The summed E-state index contributed by atoms with van der Waals surface area (Å²) in [5.74, 6) is 1.76. The van der Waals surface area contributed by atoms with Crippen LogP contribution in [0.3, 0.4) is 0 Å². The van der Waals surface area contributed by atoms with Gasteiger partial charge in [-0.1, -0.05) is 18.2 Å². The van der Waals surface area contributed by atoms with Crippen LogP contribution in [0.15, 0.2) is 30.5 Å². The van der Waals surface area contributed by atoms with Gasteiger partial charge in [-0.15, -0.1) is 0 Å². The molecule has 4 rings (SSSR count). The fourth-order valence-corrected chi connectivity index (χ4v) is 3.62. The first-order valence-corrected chi connectivity index (χ1v) is 6.55. The summed E-state index contributed by atoms with van der Waals surface area (Å²) in [6, 6.07) is 9.15. The SMILES string of the molecule is c1ccc2c(c1)cnn2C1CC2CNCC2C1. The molecule has 17 heavy (non-hydrogen) atoms. The first kappa shape index (κ1) is 9.66. The predicted octanol–water partition coefficient (Wildman–Crippen LogP) is 2.21. The summed E-state index contributed by atoms with van der Waals surface area (Å²) >= 11 is 0. The van der Waals surface area contributed by atoms with Gasteiger partial charge in [0.05, 0.1) is 17.8 Å². The highest BCUT2D eigenvalue weighted by Gasteiger charge is 2.38. The van der Waals surface area contributed by atoms with Crippen molar-refractivity contribution in [3.8, 4) is 0 Å². The standard InChI is InChI=1S/C14H17N3/c1-2-4-14-10(3-1)9-16-17(14)13-5-11-7-15-8-12(11)6-13/h1-4,9,11-13,15H,5-8H2. The Labute approximate surface area is 101 Å². The lowest BCUT2D eigenvalue weighted by Gasteiger charge is -2.13. The van der Waals surface area contributed by atoms with Crippen LogP contribution in [0.1, 0.15) is 18.9 Å². The number of hydrogen-bond donors (Lipinski definition) is 1. The predicted molar refractivity (Wildman–Crippen MR) is 67.9 cm³/mol. The summed E-state index contributed by atoms with van der Waals surface area (Å²) in [5, 5.41) is 9.36. The Bertz CT molecular complexity index is 533. The molecule has 1 aromatic carbocycles. The van der Waals surface area contributed by atoms with Gasteiger partial charge < -0.3 is 5.32 Å². The fourth-order valence-electron chi connectivity index (χ4n) is 3.62.